The molecule has 0 aliphatic carbocycles. The summed E-state index contributed by atoms with van der Waals surface area (Å²) in [6.45, 7) is 3.32. The van der Waals surface area contributed by atoms with Crippen molar-refractivity contribution in [1.29, 1.82) is 0 Å². The molecule has 8 nitrogen and oxygen atoms in total. The molecule has 0 fully saturated rings. The highest BCUT2D eigenvalue weighted by Crippen LogP contribution is 2.23. The van der Waals surface area contributed by atoms with Crippen molar-refractivity contribution < 1.29 is 4.39 Å². The van der Waals surface area contributed by atoms with E-state index in [1.54, 1.807) is 22.7 Å². The molecule has 0 spiro atoms. The standard InChI is InChI=1S/C19H19FN8/c1-26(12-13-10-22-27-9-8-21-11-16(13)27)18-7-6-17-23-24-19(28(17)25-18)14-4-2-3-5-15(14)20/h2-7,10,21H,8-9,11-12H2,1H3. The molecule has 3 aromatic heterocycles. The molecule has 4 heterocycles. The largest absolute Gasteiger partial charge is 0.354 e. The highest BCUT2D eigenvalue weighted by molar-refractivity contribution is 5.60. The van der Waals surface area contributed by atoms with E-state index in [-0.39, 0.29) is 5.82 Å². The molecule has 0 saturated carbocycles. The molecule has 0 saturated heterocycles. The van der Waals surface area contributed by atoms with Crippen LogP contribution in [0.5, 0.6) is 0 Å². The fourth-order valence-corrected chi connectivity index (χ4v) is 3.50. The predicted molar refractivity (Wildman–Crippen MR) is 102 cm³/mol. The van der Waals surface area contributed by atoms with E-state index in [1.165, 1.54) is 11.8 Å². The number of fused-ring (bicyclic) bond motifs is 2. The third kappa shape index (κ3) is 2.80. The summed E-state index contributed by atoms with van der Waals surface area (Å²) < 4.78 is 17.8. The van der Waals surface area contributed by atoms with Gasteiger partial charge < -0.3 is 10.2 Å². The minimum Gasteiger partial charge on any atom is -0.354 e. The summed E-state index contributed by atoms with van der Waals surface area (Å²) in [5.74, 6) is 0.778. The van der Waals surface area contributed by atoms with Crippen LogP contribution in [0.25, 0.3) is 17.0 Å². The first kappa shape index (κ1) is 16.8. The highest BCUT2D eigenvalue weighted by Gasteiger charge is 2.18. The zero-order valence-electron chi connectivity index (χ0n) is 15.4. The Labute approximate surface area is 160 Å². The lowest BCUT2D eigenvalue weighted by Crippen LogP contribution is -2.29. The van der Waals surface area contributed by atoms with Gasteiger partial charge in [0.25, 0.3) is 0 Å². The molecule has 5 rings (SSSR count). The highest BCUT2D eigenvalue weighted by atomic mass is 19.1. The summed E-state index contributed by atoms with van der Waals surface area (Å²) in [4.78, 5) is 2.04. The van der Waals surface area contributed by atoms with Crippen molar-refractivity contribution in [2.24, 2.45) is 0 Å². The molecular weight excluding hydrogens is 359 g/mol. The van der Waals surface area contributed by atoms with E-state index in [2.05, 4.69) is 25.7 Å². The maximum absolute atomic E-state index is 14.2. The van der Waals surface area contributed by atoms with Crippen molar-refractivity contribution in [2.75, 3.05) is 18.5 Å². The van der Waals surface area contributed by atoms with Crippen molar-refractivity contribution in [2.45, 2.75) is 19.6 Å². The number of nitrogens with zero attached hydrogens (tertiary/aromatic N) is 7. The second-order valence-electron chi connectivity index (χ2n) is 6.84. The first-order chi connectivity index (χ1) is 13.7. The van der Waals surface area contributed by atoms with Crippen molar-refractivity contribution in [3.63, 3.8) is 0 Å². The van der Waals surface area contributed by atoms with Crippen molar-refractivity contribution in [3.05, 3.63) is 59.7 Å². The summed E-state index contributed by atoms with van der Waals surface area (Å²) in [5.41, 5.74) is 3.31. The minimum absolute atomic E-state index is 0.351. The molecule has 1 aromatic carbocycles. The third-order valence-electron chi connectivity index (χ3n) is 4.99. The van der Waals surface area contributed by atoms with Gasteiger partial charge in [-0.1, -0.05) is 12.1 Å². The van der Waals surface area contributed by atoms with Gasteiger partial charge in [-0.05, 0) is 24.3 Å². The van der Waals surface area contributed by atoms with Gasteiger partial charge in [-0.2, -0.15) is 9.61 Å². The Balaban J connectivity index is 1.48. The van der Waals surface area contributed by atoms with Gasteiger partial charge in [0.15, 0.2) is 11.5 Å². The molecule has 9 heteroatoms. The first-order valence-corrected chi connectivity index (χ1v) is 9.13. The lowest BCUT2D eigenvalue weighted by molar-refractivity contribution is 0.473. The Bertz CT molecular complexity index is 1150. The quantitative estimate of drug-likeness (QED) is 0.584. The van der Waals surface area contributed by atoms with Crippen LogP contribution >= 0.6 is 0 Å². The van der Waals surface area contributed by atoms with Gasteiger partial charge in [0.05, 0.1) is 24.0 Å². The van der Waals surface area contributed by atoms with Crippen molar-refractivity contribution >= 4 is 11.5 Å². The molecule has 0 bridgehead atoms. The number of rotatable bonds is 4. The van der Waals surface area contributed by atoms with Crippen molar-refractivity contribution in [3.8, 4) is 11.4 Å². The lowest BCUT2D eigenvalue weighted by Gasteiger charge is -2.20. The number of aromatic nitrogens is 6. The van der Waals surface area contributed by atoms with Crippen LogP contribution < -0.4 is 10.2 Å². The molecule has 1 aliphatic rings. The zero-order valence-corrected chi connectivity index (χ0v) is 15.4. The molecule has 0 atom stereocenters. The maximum atomic E-state index is 14.2. The number of hydrogen-bond donors (Lipinski definition) is 1. The zero-order chi connectivity index (χ0) is 19.1. The Hall–Kier alpha value is -3.33. The number of benzene rings is 1. The second kappa shape index (κ2) is 6.68. The summed E-state index contributed by atoms with van der Waals surface area (Å²) in [6.07, 6.45) is 1.92. The Morgan fingerprint density at radius 2 is 2.07 bits per heavy atom. The summed E-state index contributed by atoms with van der Waals surface area (Å²) in [7, 11) is 1.97. The molecule has 1 N–H and O–H groups in total. The monoisotopic (exact) mass is 378 g/mol. The van der Waals surface area contributed by atoms with Gasteiger partial charge in [0, 0.05) is 32.2 Å². The Morgan fingerprint density at radius 3 is 2.96 bits per heavy atom. The normalized spacial score (nSPS) is 13.6. The molecule has 0 radical (unpaired) electrons. The van der Waals surface area contributed by atoms with Crippen LogP contribution in [0.1, 0.15) is 11.3 Å². The summed E-state index contributed by atoms with van der Waals surface area (Å²) in [5, 5.41) is 20.7. The van der Waals surface area contributed by atoms with Crippen LogP contribution in [0.2, 0.25) is 0 Å². The molecule has 0 unspecified atom stereocenters. The van der Waals surface area contributed by atoms with Crippen LogP contribution in [-0.4, -0.2) is 43.2 Å². The van der Waals surface area contributed by atoms with E-state index in [4.69, 9.17) is 0 Å². The number of hydrogen-bond acceptors (Lipinski definition) is 6. The minimum atomic E-state index is -0.351. The fraction of sp³-hybridized carbons (Fsp3) is 0.263. The summed E-state index contributed by atoms with van der Waals surface area (Å²) >= 11 is 0. The SMILES string of the molecule is CN(Cc1cnn2c1CNCC2)c1ccc2nnc(-c3ccccc3F)n2n1. The number of halogens is 1. The van der Waals surface area contributed by atoms with E-state index in [0.29, 0.717) is 23.6 Å². The topological polar surface area (TPSA) is 76.2 Å². The van der Waals surface area contributed by atoms with Gasteiger partial charge >= 0.3 is 0 Å². The second-order valence-corrected chi connectivity index (χ2v) is 6.84. The lowest BCUT2D eigenvalue weighted by atomic mass is 10.2. The van der Waals surface area contributed by atoms with Gasteiger partial charge in [-0.25, -0.2) is 4.39 Å². The van der Waals surface area contributed by atoms with Gasteiger partial charge in [0.1, 0.15) is 11.6 Å². The van der Waals surface area contributed by atoms with Gasteiger partial charge in [0.2, 0.25) is 0 Å². The number of anilines is 1. The van der Waals surface area contributed by atoms with Crippen LogP contribution in [-0.2, 0) is 19.6 Å². The van der Waals surface area contributed by atoms with Gasteiger partial charge in [-0.15, -0.1) is 15.3 Å². The predicted octanol–water partition coefficient (Wildman–Crippen LogP) is 1.87. The average molecular weight is 378 g/mol. The van der Waals surface area contributed by atoms with Crippen LogP contribution in [0.4, 0.5) is 10.2 Å². The first-order valence-electron chi connectivity index (χ1n) is 9.13. The molecule has 0 amide bonds. The molecular formula is C19H19FN8. The molecule has 28 heavy (non-hydrogen) atoms. The van der Waals surface area contributed by atoms with E-state index < -0.39 is 0 Å². The fourth-order valence-electron chi connectivity index (χ4n) is 3.50. The smallest absolute Gasteiger partial charge is 0.188 e. The van der Waals surface area contributed by atoms with E-state index in [0.717, 1.165) is 31.0 Å². The van der Waals surface area contributed by atoms with Crippen LogP contribution in [0.3, 0.4) is 0 Å². The van der Waals surface area contributed by atoms with E-state index >= 15 is 0 Å². The van der Waals surface area contributed by atoms with Crippen LogP contribution in [0, 0.1) is 5.82 Å². The van der Waals surface area contributed by atoms with Crippen molar-refractivity contribution in [1.82, 2.24) is 34.9 Å². The molecule has 142 valence electrons. The van der Waals surface area contributed by atoms with E-state index in [9.17, 15) is 4.39 Å². The maximum Gasteiger partial charge on any atom is 0.188 e. The Kier molecular flexibility index (Phi) is 4.01. The molecule has 1 aliphatic heterocycles. The van der Waals surface area contributed by atoms with E-state index in [1.807, 2.05) is 35.0 Å². The number of nitrogens with one attached hydrogen (secondary N) is 1. The third-order valence-corrected chi connectivity index (χ3v) is 4.99. The van der Waals surface area contributed by atoms with Crippen LogP contribution in [0.15, 0.2) is 42.6 Å². The summed E-state index contributed by atoms with van der Waals surface area (Å²) in [6, 6.07) is 10.2. The van der Waals surface area contributed by atoms with Gasteiger partial charge in [-0.3, -0.25) is 4.68 Å². The average Bonchev–Trinajstić information content (AvgIpc) is 3.32. The molecule has 4 aromatic rings. The Morgan fingerprint density at radius 1 is 1.18 bits per heavy atom.